The van der Waals surface area contributed by atoms with Crippen LogP contribution in [-0.4, -0.2) is 16.9 Å². The second-order valence-corrected chi connectivity index (χ2v) is 3.44. The average molecular weight is 224 g/mol. The van der Waals surface area contributed by atoms with Crippen LogP contribution in [0.1, 0.15) is 0 Å². The summed E-state index contributed by atoms with van der Waals surface area (Å²) in [6, 6.07) is 8.94. The third-order valence-corrected chi connectivity index (χ3v) is 2.21. The summed E-state index contributed by atoms with van der Waals surface area (Å²) in [7, 11) is 1.55. The maximum absolute atomic E-state index is 5.87. The first kappa shape index (κ1) is 9.86. The zero-order valence-electron chi connectivity index (χ0n) is 8.14. The fraction of sp³-hybridized carbons (Fsp3) is 0.100. The van der Waals surface area contributed by atoms with Crippen molar-refractivity contribution in [3.05, 3.63) is 35.4 Å². The molecular formula is C10H10ClN3O. The lowest BCUT2D eigenvalue weighted by Gasteiger charge is -2.03. The molecule has 0 spiro atoms. The van der Waals surface area contributed by atoms with E-state index in [0.29, 0.717) is 16.7 Å². The number of hydrogen-bond donors (Lipinski definition) is 1. The van der Waals surface area contributed by atoms with Crippen LogP contribution >= 0.6 is 11.6 Å². The van der Waals surface area contributed by atoms with Crippen molar-refractivity contribution in [3.8, 4) is 11.6 Å². The van der Waals surface area contributed by atoms with E-state index >= 15 is 0 Å². The molecule has 0 atom stereocenters. The van der Waals surface area contributed by atoms with Crippen LogP contribution in [0, 0.1) is 0 Å². The molecule has 4 nitrogen and oxygen atoms in total. The highest BCUT2D eigenvalue weighted by atomic mass is 35.5. The van der Waals surface area contributed by atoms with Gasteiger partial charge < -0.3 is 10.5 Å². The van der Waals surface area contributed by atoms with E-state index in [2.05, 4.69) is 5.10 Å². The largest absolute Gasteiger partial charge is 0.480 e. The van der Waals surface area contributed by atoms with Gasteiger partial charge in [-0.1, -0.05) is 17.7 Å². The van der Waals surface area contributed by atoms with Crippen LogP contribution in [0.3, 0.4) is 0 Å². The summed E-state index contributed by atoms with van der Waals surface area (Å²) in [6.07, 6.45) is 0. The predicted molar refractivity (Wildman–Crippen MR) is 59.5 cm³/mol. The number of anilines is 1. The summed E-state index contributed by atoms with van der Waals surface area (Å²) < 4.78 is 6.56. The molecule has 0 saturated heterocycles. The molecule has 2 aromatic rings. The van der Waals surface area contributed by atoms with Crippen LogP contribution in [0.2, 0.25) is 5.02 Å². The van der Waals surface area contributed by atoms with Crippen LogP contribution in [0.5, 0.6) is 5.88 Å². The number of nitrogen functional groups attached to an aromatic ring is 1. The number of benzene rings is 1. The van der Waals surface area contributed by atoms with Crippen LogP contribution in [0.15, 0.2) is 30.3 Å². The van der Waals surface area contributed by atoms with Crippen molar-refractivity contribution in [2.24, 2.45) is 0 Å². The lowest BCUT2D eigenvalue weighted by Crippen LogP contribution is -2.01. The number of aromatic nitrogens is 2. The fourth-order valence-electron chi connectivity index (χ4n) is 1.29. The van der Waals surface area contributed by atoms with Gasteiger partial charge in [0.15, 0.2) is 0 Å². The molecule has 2 rings (SSSR count). The molecule has 0 amide bonds. The van der Waals surface area contributed by atoms with Gasteiger partial charge in [0.25, 0.3) is 0 Å². The Kier molecular flexibility index (Phi) is 2.51. The second-order valence-electron chi connectivity index (χ2n) is 3.00. The molecule has 0 bridgehead atoms. The predicted octanol–water partition coefficient (Wildman–Crippen LogP) is 2.12. The Bertz CT molecular complexity index is 481. The summed E-state index contributed by atoms with van der Waals surface area (Å²) in [6.45, 7) is 0. The van der Waals surface area contributed by atoms with Crippen molar-refractivity contribution >= 4 is 17.4 Å². The highest BCUT2D eigenvalue weighted by Gasteiger charge is 2.06. The summed E-state index contributed by atoms with van der Waals surface area (Å²) in [5.41, 5.74) is 6.59. The van der Waals surface area contributed by atoms with Gasteiger partial charge in [0, 0.05) is 11.1 Å². The van der Waals surface area contributed by atoms with E-state index in [1.807, 2.05) is 12.1 Å². The van der Waals surface area contributed by atoms with E-state index in [1.165, 1.54) is 0 Å². The van der Waals surface area contributed by atoms with Crippen LogP contribution in [0.4, 0.5) is 5.82 Å². The quantitative estimate of drug-likeness (QED) is 0.849. The van der Waals surface area contributed by atoms with E-state index < -0.39 is 0 Å². The Balaban J connectivity index is 2.48. The smallest absolute Gasteiger partial charge is 0.235 e. The maximum atomic E-state index is 5.87. The lowest BCUT2D eigenvalue weighted by atomic mass is 10.3. The molecule has 1 heterocycles. The van der Waals surface area contributed by atoms with Crippen molar-refractivity contribution in [2.75, 3.05) is 12.8 Å². The van der Waals surface area contributed by atoms with Crippen LogP contribution in [-0.2, 0) is 0 Å². The first-order valence-corrected chi connectivity index (χ1v) is 4.74. The minimum absolute atomic E-state index is 0.479. The SMILES string of the molecule is COc1cc(N)n(-c2cccc(Cl)c2)n1. The topological polar surface area (TPSA) is 53.1 Å². The van der Waals surface area contributed by atoms with E-state index in [0.717, 1.165) is 5.69 Å². The number of halogens is 1. The first-order valence-electron chi connectivity index (χ1n) is 4.36. The van der Waals surface area contributed by atoms with Gasteiger partial charge in [0.05, 0.1) is 12.8 Å². The molecule has 2 N–H and O–H groups in total. The van der Waals surface area contributed by atoms with E-state index in [-0.39, 0.29) is 0 Å². The third-order valence-electron chi connectivity index (χ3n) is 1.98. The van der Waals surface area contributed by atoms with Gasteiger partial charge in [-0.15, -0.1) is 5.10 Å². The van der Waals surface area contributed by atoms with Crippen molar-refractivity contribution in [3.63, 3.8) is 0 Å². The molecule has 0 aliphatic rings. The van der Waals surface area contributed by atoms with Crippen LogP contribution in [0.25, 0.3) is 5.69 Å². The summed E-state index contributed by atoms with van der Waals surface area (Å²) in [5, 5.41) is 4.79. The monoisotopic (exact) mass is 223 g/mol. The molecule has 1 aromatic heterocycles. The average Bonchev–Trinajstić information content (AvgIpc) is 2.60. The van der Waals surface area contributed by atoms with Crippen LogP contribution < -0.4 is 10.5 Å². The highest BCUT2D eigenvalue weighted by Crippen LogP contribution is 2.20. The number of nitrogens with zero attached hydrogens (tertiary/aromatic N) is 2. The number of ether oxygens (including phenoxy) is 1. The van der Waals surface area contributed by atoms with Gasteiger partial charge in [-0.05, 0) is 18.2 Å². The van der Waals surface area contributed by atoms with Crippen molar-refractivity contribution in [2.45, 2.75) is 0 Å². The molecule has 1 aromatic carbocycles. The second kappa shape index (κ2) is 3.82. The van der Waals surface area contributed by atoms with E-state index in [9.17, 15) is 0 Å². The van der Waals surface area contributed by atoms with Crippen molar-refractivity contribution in [1.29, 1.82) is 0 Å². The van der Waals surface area contributed by atoms with Gasteiger partial charge in [-0.2, -0.15) is 0 Å². The van der Waals surface area contributed by atoms with Crippen molar-refractivity contribution in [1.82, 2.24) is 9.78 Å². The Morgan fingerprint density at radius 1 is 1.40 bits per heavy atom. The minimum Gasteiger partial charge on any atom is -0.480 e. The Morgan fingerprint density at radius 2 is 2.20 bits per heavy atom. The van der Waals surface area contributed by atoms with E-state index in [1.54, 1.807) is 30.0 Å². The number of nitrogens with two attached hydrogens (primary N) is 1. The molecule has 0 fully saturated rings. The Morgan fingerprint density at radius 3 is 2.80 bits per heavy atom. The van der Waals surface area contributed by atoms with Gasteiger partial charge in [0.1, 0.15) is 5.82 Å². The molecule has 15 heavy (non-hydrogen) atoms. The minimum atomic E-state index is 0.479. The molecule has 0 unspecified atom stereocenters. The molecule has 0 saturated carbocycles. The van der Waals surface area contributed by atoms with Crippen molar-refractivity contribution < 1.29 is 4.74 Å². The van der Waals surface area contributed by atoms with Gasteiger partial charge in [0.2, 0.25) is 5.88 Å². The number of rotatable bonds is 2. The number of methoxy groups -OCH3 is 1. The summed E-state index contributed by atoms with van der Waals surface area (Å²) >= 11 is 5.87. The van der Waals surface area contributed by atoms with Gasteiger partial charge in [-0.25, -0.2) is 4.68 Å². The van der Waals surface area contributed by atoms with E-state index in [4.69, 9.17) is 22.1 Å². The fourth-order valence-corrected chi connectivity index (χ4v) is 1.47. The standard InChI is InChI=1S/C10H10ClN3O/c1-15-10-6-9(12)14(13-10)8-4-2-3-7(11)5-8/h2-6H,12H2,1H3. The summed E-state index contributed by atoms with van der Waals surface area (Å²) in [4.78, 5) is 0. The third kappa shape index (κ3) is 1.89. The zero-order valence-corrected chi connectivity index (χ0v) is 8.90. The molecule has 0 aliphatic heterocycles. The van der Waals surface area contributed by atoms with Gasteiger partial charge >= 0.3 is 0 Å². The zero-order chi connectivity index (χ0) is 10.8. The molecule has 0 radical (unpaired) electrons. The number of hydrogen-bond acceptors (Lipinski definition) is 3. The van der Waals surface area contributed by atoms with Gasteiger partial charge in [-0.3, -0.25) is 0 Å². The molecular weight excluding hydrogens is 214 g/mol. The Labute approximate surface area is 92.2 Å². The first-order chi connectivity index (χ1) is 7.20. The molecule has 5 heteroatoms. The molecule has 0 aliphatic carbocycles. The normalized spacial score (nSPS) is 10.3. The highest BCUT2D eigenvalue weighted by molar-refractivity contribution is 6.30. The Hall–Kier alpha value is -1.68. The summed E-state index contributed by atoms with van der Waals surface area (Å²) in [5.74, 6) is 0.988. The maximum Gasteiger partial charge on any atom is 0.235 e. The lowest BCUT2D eigenvalue weighted by molar-refractivity contribution is 0.394. The molecule has 78 valence electrons.